The third kappa shape index (κ3) is 3.59. The Kier molecular flexibility index (Phi) is 4.29. The van der Waals surface area contributed by atoms with Gasteiger partial charge in [0.05, 0.1) is 0 Å². The maximum absolute atomic E-state index is 12.0. The number of nitrogens with zero attached hydrogens (tertiary/aromatic N) is 2. The minimum absolute atomic E-state index is 0.0120. The van der Waals surface area contributed by atoms with Crippen LogP contribution in [0.15, 0.2) is 0 Å². The van der Waals surface area contributed by atoms with Crippen LogP contribution in [0, 0.1) is 5.92 Å². The molecule has 2 fully saturated rings. The molecular formula is C13H23N3O3. The molecule has 0 aromatic heterocycles. The maximum Gasteiger partial charge on any atom is 0.320 e. The second-order valence-electron chi connectivity index (χ2n) is 5.61. The fourth-order valence-electron chi connectivity index (χ4n) is 2.47. The smallest absolute Gasteiger partial charge is 0.320 e. The first-order valence-electron chi connectivity index (χ1n) is 7.01. The van der Waals surface area contributed by atoms with Crippen LogP contribution in [-0.2, 0) is 4.79 Å². The standard InChI is InChI=1S/C13H23N3O3/c1-9(11-3-4-11)14-13(19)16-7-5-15(6-8-16)10(2)12(17)18/h9-11H,3-8H2,1-2H3,(H,14,19)(H,17,18). The van der Waals surface area contributed by atoms with Crippen molar-refractivity contribution in [3.05, 3.63) is 0 Å². The number of piperazine rings is 1. The fourth-order valence-corrected chi connectivity index (χ4v) is 2.47. The number of hydrogen-bond donors (Lipinski definition) is 2. The lowest BCUT2D eigenvalue weighted by molar-refractivity contribution is -0.143. The van der Waals surface area contributed by atoms with Crippen LogP contribution in [-0.4, -0.2) is 65.2 Å². The van der Waals surface area contributed by atoms with E-state index in [9.17, 15) is 9.59 Å². The molecule has 2 aliphatic rings. The molecule has 2 atom stereocenters. The number of urea groups is 1. The van der Waals surface area contributed by atoms with Gasteiger partial charge in [-0.25, -0.2) is 4.79 Å². The molecule has 0 aromatic rings. The molecule has 108 valence electrons. The summed E-state index contributed by atoms with van der Waals surface area (Å²) in [6.45, 7) is 6.19. The maximum atomic E-state index is 12.0. The molecule has 0 aromatic carbocycles. The Labute approximate surface area is 113 Å². The summed E-state index contributed by atoms with van der Waals surface area (Å²) >= 11 is 0. The number of carbonyl (C=O) groups is 2. The summed E-state index contributed by atoms with van der Waals surface area (Å²) in [5.74, 6) is -0.155. The van der Waals surface area contributed by atoms with Gasteiger partial charge in [-0.05, 0) is 32.6 Å². The highest BCUT2D eigenvalue weighted by Crippen LogP contribution is 2.32. The van der Waals surface area contributed by atoms with Gasteiger partial charge in [-0.1, -0.05) is 0 Å². The molecule has 2 N–H and O–H groups in total. The largest absolute Gasteiger partial charge is 0.480 e. The number of carboxylic acid groups (broad SMARTS) is 1. The quantitative estimate of drug-likeness (QED) is 0.783. The Morgan fingerprint density at radius 1 is 1.16 bits per heavy atom. The summed E-state index contributed by atoms with van der Waals surface area (Å²) in [6.07, 6.45) is 2.43. The second kappa shape index (κ2) is 5.77. The van der Waals surface area contributed by atoms with Crippen molar-refractivity contribution < 1.29 is 14.7 Å². The fraction of sp³-hybridized carbons (Fsp3) is 0.846. The van der Waals surface area contributed by atoms with Crippen LogP contribution in [0.4, 0.5) is 4.79 Å². The van der Waals surface area contributed by atoms with E-state index in [-0.39, 0.29) is 12.1 Å². The van der Waals surface area contributed by atoms with E-state index < -0.39 is 12.0 Å². The molecule has 2 unspecified atom stereocenters. The van der Waals surface area contributed by atoms with E-state index in [1.165, 1.54) is 12.8 Å². The molecule has 0 bridgehead atoms. The second-order valence-corrected chi connectivity index (χ2v) is 5.61. The normalized spacial score (nSPS) is 23.8. The van der Waals surface area contributed by atoms with Crippen LogP contribution in [0.3, 0.4) is 0 Å². The topological polar surface area (TPSA) is 72.9 Å². The van der Waals surface area contributed by atoms with E-state index in [4.69, 9.17) is 5.11 Å². The lowest BCUT2D eigenvalue weighted by Gasteiger charge is -2.37. The Balaban J connectivity index is 1.75. The summed E-state index contributed by atoms with van der Waals surface area (Å²) in [7, 11) is 0. The molecule has 1 heterocycles. The number of carboxylic acids is 1. The molecule has 2 amide bonds. The Hall–Kier alpha value is -1.30. The lowest BCUT2D eigenvalue weighted by atomic mass is 10.2. The number of rotatable bonds is 4. The van der Waals surface area contributed by atoms with Crippen LogP contribution in [0.2, 0.25) is 0 Å². The van der Waals surface area contributed by atoms with Crippen molar-refractivity contribution in [2.24, 2.45) is 5.92 Å². The van der Waals surface area contributed by atoms with Gasteiger partial charge in [0.25, 0.3) is 0 Å². The number of hydrogen-bond acceptors (Lipinski definition) is 3. The van der Waals surface area contributed by atoms with Gasteiger partial charge in [0.2, 0.25) is 0 Å². The Morgan fingerprint density at radius 3 is 2.21 bits per heavy atom. The number of amides is 2. The van der Waals surface area contributed by atoms with Gasteiger partial charge in [-0.2, -0.15) is 0 Å². The summed E-state index contributed by atoms with van der Waals surface area (Å²) < 4.78 is 0. The van der Waals surface area contributed by atoms with Crippen LogP contribution >= 0.6 is 0 Å². The first-order chi connectivity index (χ1) is 8.99. The van der Waals surface area contributed by atoms with Crippen molar-refractivity contribution >= 4 is 12.0 Å². The van der Waals surface area contributed by atoms with E-state index in [0.29, 0.717) is 32.1 Å². The average molecular weight is 269 g/mol. The monoisotopic (exact) mass is 269 g/mol. The van der Waals surface area contributed by atoms with Crippen molar-refractivity contribution in [2.75, 3.05) is 26.2 Å². The number of carbonyl (C=O) groups excluding carboxylic acids is 1. The van der Waals surface area contributed by atoms with Gasteiger partial charge in [-0.3, -0.25) is 9.69 Å². The van der Waals surface area contributed by atoms with E-state index in [2.05, 4.69) is 12.2 Å². The summed E-state index contributed by atoms with van der Waals surface area (Å²) in [4.78, 5) is 26.6. The predicted octanol–water partition coefficient (Wildman–Crippen LogP) is 0.585. The molecule has 6 heteroatoms. The van der Waals surface area contributed by atoms with Gasteiger partial charge in [-0.15, -0.1) is 0 Å². The molecule has 1 saturated heterocycles. The summed E-state index contributed by atoms with van der Waals surface area (Å²) in [5, 5.41) is 12.0. The van der Waals surface area contributed by atoms with Crippen LogP contribution < -0.4 is 5.32 Å². The minimum Gasteiger partial charge on any atom is -0.480 e. The van der Waals surface area contributed by atoms with Crippen LogP contribution in [0.5, 0.6) is 0 Å². The van der Waals surface area contributed by atoms with E-state index in [1.54, 1.807) is 11.8 Å². The molecule has 2 rings (SSSR count). The van der Waals surface area contributed by atoms with Crippen molar-refractivity contribution in [3.63, 3.8) is 0 Å². The molecule has 1 aliphatic heterocycles. The first kappa shape index (κ1) is 14.1. The van der Waals surface area contributed by atoms with Gasteiger partial charge >= 0.3 is 12.0 Å². The van der Waals surface area contributed by atoms with Crippen molar-refractivity contribution in [1.82, 2.24) is 15.1 Å². The Morgan fingerprint density at radius 2 is 1.74 bits per heavy atom. The van der Waals surface area contributed by atoms with Gasteiger partial charge in [0.15, 0.2) is 0 Å². The Bertz CT molecular complexity index is 349. The zero-order valence-corrected chi connectivity index (χ0v) is 11.6. The third-order valence-electron chi connectivity index (χ3n) is 4.19. The van der Waals surface area contributed by atoms with E-state index in [0.717, 1.165) is 0 Å². The highest BCUT2D eigenvalue weighted by molar-refractivity contribution is 5.75. The SMILES string of the molecule is CC(NC(=O)N1CCN(C(C)C(=O)O)CC1)C1CC1. The zero-order valence-electron chi connectivity index (χ0n) is 11.6. The van der Waals surface area contributed by atoms with Crippen LogP contribution in [0.1, 0.15) is 26.7 Å². The molecule has 1 aliphatic carbocycles. The molecule has 6 nitrogen and oxygen atoms in total. The third-order valence-corrected chi connectivity index (χ3v) is 4.19. The van der Waals surface area contributed by atoms with Crippen LogP contribution in [0.25, 0.3) is 0 Å². The molecule has 1 saturated carbocycles. The predicted molar refractivity (Wildman–Crippen MR) is 71.0 cm³/mol. The average Bonchev–Trinajstić information content (AvgIpc) is 3.22. The summed E-state index contributed by atoms with van der Waals surface area (Å²) in [5.41, 5.74) is 0. The minimum atomic E-state index is -0.805. The van der Waals surface area contributed by atoms with Crippen molar-refractivity contribution in [1.29, 1.82) is 0 Å². The highest BCUT2D eigenvalue weighted by atomic mass is 16.4. The van der Waals surface area contributed by atoms with Gasteiger partial charge in [0.1, 0.15) is 6.04 Å². The molecule has 0 spiro atoms. The molecular weight excluding hydrogens is 246 g/mol. The number of aliphatic carboxylic acids is 1. The molecule has 19 heavy (non-hydrogen) atoms. The van der Waals surface area contributed by atoms with E-state index in [1.807, 2.05) is 4.90 Å². The van der Waals surface area contributed by atoms with Gasteiger partial charge in [0, 0.05) is 32.2 Å². The van der Waals surface area contributed by atoms with Gasteiger partial charge < -0.3 is 15.3 Å². The zero-order chi connectivity index (χ0) is 14.0. The summed E-state index contributed by atoms with van der Waals surface area (Å²) in [6, 6.07) is -0.235. The first-order valence-corrected chi connectivity index (χ1v) is 7.01. The van der Waals surface area contributed by atoms with E-state index >= 15 is 0 Å². The lowest BCUT2D eigenvalue weighted by Crippen LogP contribution is -2.56. The van der Waals surface area contributed by atoms with Crippen molar-refractivity contribution in [3.8, 4) is 0 Å². The number of nitrogens with one attached hydrogen (secondary N) is 1. The van der Waals surface area contributed by atoms with Crippen molar-refractivity contribution in [2.45, 2.75) is 38.8 Å². The molecule has 0 radical (unpaired) electrons. The highest BCUT2D eigenvalue weighted by Gasteiger charge is 2.31.